The number of hydrazine groups is 1. The van der Waals surface area contributed by atoms with Crippen molar-refractivity contribution in [2.24, 2.45) is 11.6 Å². The maximum absolute atomic E-state index is 6.91. The second kappa shape index (κ2) is 5.70. The molecular formula is C5H10Cl2N4O. The van der Waals surface area contributed by atoms with Crippen LogP contribution in [0.3, 0.4) is 0 Å². The van der Waals surface area contributed by atoms with Crippen LogP contribution in [0, 0.1) is 5.41 Å². The van der Waals surface area contributed by atoms with Gasteiger partial charge in [-0.1, -0.05) is 0 Å². The van der Waals surface area contributed by atoms with Gasteiger partial charge in [0.2, 0.25) is 5.96 Å². The van der Waals surface area contributed by atoms with Gasteiger partial charge in [-0.3, -0.25) is 5.41 Å². The Balaban J connectivity index is 0. The molecule has 0 saturated carbocycles. The first-order chi connectivity index (χ1) is 4.72. The molecule has 0 saturated heterocycles. The molecule has 0 bridgehead atoms. The zero-order chi connectivity index (χ0) is 7.56. The number of guanidine groups is 1. The predicted octanol–water partition coefficient (Wildman–Crippen LogP) is 0.697. The van der Waals surface area contributed by atoms with Crippen molar-refractivity contribution in [1.29, 1.82) is 5.41 Å². The highest BCUT2D eigenvalue weighted by Crippen LogP contribution is 2.08. The molecular weight excluding hydrogens is 203 g/mol. The SMILES string of the molecule is Cl.Cl.N=C(N)N(N)c1ccoc1. The van der Waals surface area contributed by atoms with Gasteiger partial charge in [0, 0.05) is 6.07 Å². The van der Waals surface area contributed by atoms with Gasteiger partial charge in [0.05, 0.1) is 12.0 Å². The number of hydrogen-bond acceptors (Lipinski definition) is 3. The Morgan fingerprint density at radius 2 is 2.08 bits per heavy atom. The smallest absolute Gasteiger partial charge is 0.207 e. The van der Waals surface area contributed by atoms with Crippen LogP contribution in [0.2, 0.25) is 0 Å². The number of rotatable bonds is 1. The Hall–Kier alpha value is -0.910. The van der Waals surface area contributed by atoms with Crippen molar-refractivity contribution >= 4 is 36.5 Å². The molecule has 0 aliphatic rings. The van der Waals surface area contributed by atoms with Crippen molar-refractivity contribution in [2.75, 3.05) is 5.01 Å². The van der Waals surface area contributed by atoms with Gasteiger partial charge in [0.25, 0.3) is 0 Å². The number of nitrogens with two attached hydrogens (primary N) is 2. The third kappa shape index (κ3) is 3.00. The van der Waals surface area contributed by atoms with Crippen molar-refractivity contribution in [2.45, 2.75) is 0 Å². The molecule has 70 valence electrons. The second-order valence-corrected chi connectivity index (χ2v) is 1.74. The molecule has 5 nitrogen and oxygen atoms in total. The molecule has 0 spiro atoms. The Morgan fingerprint density at radius 1 is 1.50 bits per heavy atom. The van der Waals surface area contributed by atoms with Crippen LogP contribution >= 0.6 is 24.8 Å². The summed E-state index contributed by atoms with van der Waals surface area (Å²) >= 11 is 0. The summed E-state index contributed by atoms with van der Waals surface area (Å²) in [6.07, 6.45) is 2.86. The van der Waals surface area contributed by atoms with E-state index in [-0.39, 0.29) is 30.8 Å². The molecule has 7 heteroatoms. The van der Waals surface area contributed by atoms with Crippen molar-refractivity contribution in [3.63, 3.8) is 0 Å². The van der Waals surface area contributed by atoms with E-state index in [1.54, 1.807) is 6.07 Å². The molecule has 1 aromatic rings. The van der Waals surface area contributed by atoms with Crippen LogP contribution in [0.25, 0.3) is 0 Å². The minimum atomic E-state index is -0.221. The standard InChI is InChI=1S/C5H8N4O.2ClH/c6-5(7)9(8)4-1-2-10-3-4;;/h1-3H,8H2,(H3,6,7);2*1H. The number of nitrogens with one attached hydrogen (secondary N) is 1. The van der Waals surface area contributed by atoms with E-state index in [0.717, 1.165) is 5.01 Å². The van der Waals surface area contributed by atoms with Crippen LogP contribution in [-0.2, 0) is 0 Å². The third-order valence-electron chi connectivity index (χ3n) is 1.04. The molecule has 0 aliphatic carbocycles. The summed E-state index contributed by atoms with van der Waals surface area (Å²) in [6, 6.07) is 1.61. The molecule has 0 radical (unpaired) electrons. The summed E-state index contributed by atoms with van der Waals surface area (Å²) in [5, 5.41) is 7.93. The summed E-state index contributed by atoms with van der Waals surface area (Å²) in [7, 11) is 0. The van der Waals surface area contributed by atoms with E-state index in [1.165, 1.54) is 12.5 Å². The van der Waals surface area contributed by atoms with E-state index in [2.05, 4.69) is 0 Å². The summed E-state index contributed by atoms with van der Waals surface area (Å²) < 4.78 is 4.71. The quantitative estimate of drug-likeness (QED) is 0.277. The highest BCUT2D eigenvalue weighted by molar-refractivity contribution is 5.90. The first-order valence-electron chi connectivity index (χ1n) is 2.63. The van der Waals surface area contributed by atoms with E-state index < -0.39 is 0 Å². The molecule has 12 heavy (non-hydrogen) atoms. The minimum Gasteiger partial charge on any atom is -0.470 e. The number of halogens is 2. The zero-order valence-electron chi connectivity index (χ0n) is 6.06. The van der Waals surface area contributed by atoms with Gasteiger partial charge in [-0.05, 0) is 0 Å². The molecule has 5 N–H and O–H groups in total. The monoisotopic (exact) mass is 212 g/mol. The maximum atomic E-state index is 6.91. The molecule has 1 rings (SSSR count). The molecule has 0 amide bonds. The number of hydrogen-bond donors (Lipinski definition) is 3. The van der Waals surface area contributed by atoms with Gasteiger partial charge in [0.15, 0.2) is 0 Å². The fourth-order valence-electron chi connectivity index (χ4n) is 0.533. The first kappa shape index (κ1) is 13.7. The number of furan rings is 1. The zero-order valence-corrected chi connectivity index (χ0v) is 7.69. The van der Waals surface area contributed by atoms with Crippen molar-refractivity contribution < 1.29 is 4.42 Å². The molecule has 0 aliphatic heterocycles. The predicted molar refractivity (Wildman–Crippen MR) is 51.8 cm³/mol. The normalized spacial score (nSPS) is 7.75. The van der Waals surface area contributed by atoms with Crippen LogP contribution in [-0.4, -0.2) is 5.96 Å². The summed E-state index contributed by atoms with van der Waals surface area (Å²) in [5.74, 6) is 5.09. The van der Waals surface area contributed by atoms with Crippen LogP contribution in [0.15, 0.2) is 23.0 Å². The number of anilines is 1. The maximum Gasteiger partial charge on any atom is 0.207 e. The lowest BCUT2D eigenvalue weighted by Crippen LogP contribution is -2.41. The highest BCUT2D eigenvalue weighted by atomic mass is 35.5. The van der Waals surface area contributed by atoms with Crippen molar-refractivity contribution in [3.05, 3.63) is 18.6 Å². The number of nitrogens with zero attached hydrogens (tertiary/aromatic N) is 1. The largest absolute Gasteiger partial charge is 0.470 e. The highest BCUT2D eigenvalue weighted by Gasteiger charge is 2.03. The van der Waals surface area contributed by atoms with Crippen LogP contribution in [0.1, 0.15) is 0 Å². The Labute approximate surface area is 82.0 Å². The van der Waals surface area contributed by atoms with Crippen LogP contribution in [0.5, 0.6) is 0 Å². The summed E-state index contributed by atoms with van der Waals surface area (Å²) in [4.78, 5) is 0. The Morgan fingerprint density at radius 3 is 2.42 bits per heavy atom. The van der Waals surface area contributed by atoms with Crippen molar-refractivity contribution in [3.8, 4) is 0 Å². The summed E-state index contributed by atoms with van der Waals surface area (Å²) in [5.41, 5.74) is 5.63. The lowest BCUT2D eigenvalue weighted by atomic mass is 10.5. The van der Waals surface area contributed by atoms with E-state index in [1.807, 2.05) is 0 Å². The van der Waals surface area contributed by atoms with Crippen LogP contribution < -0.4 is 16.6 Å². The van der Waals surface area contributed by atoms with E-state index in [9.17, 15) is 0 Å². The van der Waals surface area contributed by atoms with Gasteiger partial charge in [-0.2, -0.15) is 0 Å². The van der Waals surface area contributed by atoms with Gasteiger partial charge < -0.3 is 10.2 Å². The van der Waals surface area contributed by atoms with E-state index >= 15 is 0 Å². The van der Waals surface area contributed by atoms with Gasteiger partial charge in [0.1, 0.15) is 6.26 Å². The van der Waals surface area contributed by atoms with Gasteiger partial charge in [-0.25, -0.2) is 10.9 Å². The lowest BCUT2D eigenvalue weighted by Gasteiger charge is -2.11. The van der Waals surface area contributed by atoms with Gasteiger partial charge in [-0.15, -0.1) is 24.8 Å². The average molecular weight is 213 g/mol. The fraction of sp³-hybridized carbons (Fsp3) is 0. The lowest BCUT2D eigenvalue weighted by molar-refractivity contribution is 0.567. The topological polar surface area (TPSA) is 92.3 Å². The molecule has 0 unspecified atom stereocenters. The second-order valence-electron chi connectivity index (χ2n) is 1.74. The third-order valence-corrected chi connectivity index (χ3v) is 1.04. The molecule has 1 heterocycles. The van der Waals surface area contributed by atoms with Gasteiger partial charge >= 0.3 is 0 Å². The Bertz CT molecular complexity index is 225. The molecule has 0 atom stereocenters. The minimum absolute atomic E-state index is 0. The van der Waals surface area contributed by atoms with Crippen molar-refractivity contribution in [1.82, 2.24) is 0 Å². The van der Waals surface area contributed by atoms with E-state index in [4.69, 9.17) is 21.4 Å². The fourth-order valence-corrected chi connectivity index (χ4v) is 0.533. The molecule has 0 fully saturated rings. The van der Waals surface area contributed by atoms with Crippen LogP contribution in [0.4, 0.5) is 5.69 Å². The molecule has 1 aromatic heterocycles. The van der Waals surface area contributed by atoms with E-state index in [0.29, 0.717) is 5.69 Å². The summed E-state index contributed by atoms with van der Waals surface area (Å²) in [6.45, 7) is 0. The first-order valence-corrected chi connectivity index (χ1v) is 2.63. The molecule has 0 aromatic carbocycles. The average Bonchev–Trinajstić information content (AvgIpc) is 2.36. The Kier molecular flexibility index (Phi) is 6.49.